The third-order valence-corrected chi connectivity index (χ3v) is 5.68. The highest BCUT2D eigenvalue weighted by Crippen LogP contribution is 2.50. The Morgan fingerprint density at radius 3 is 2.44 bits per heavy atom. The molecule has 0 saturated heterocycles. The van der Waals surface area contributed by atoms with Crippen LogP contribution in [0.4, 0.5) is 21.9 Å². The molecule has 182 valence electrons. The van der Waals surface area contributed by atoms with Gasteiger partial charge in [-0.3, -0.25) is 14.3 Å². The van der Waals surface area contributed by atoms with E-state index in [9.17, 15) is 27.9 Å². The van der Waals surface area contributed by atoms with Crippen LogP contribution < -0.4 is 20.1 Å². The van der Waals surface area contributed by atoms with Crippen molar-refractivity contribution >= 4 is 45.0 Å². The maximum Gasteiger partial charge on any atom is 0.414 e. The van der Waals surface area contributed by atoms with Crippen LogP contribution in [0.25, 0.3) is 0 Å². The molecule has 0 fully saturated rings. The minimum atomic E-state index is -3.66. The van der Waals surface area contributed by atoms with Crippen molar-refractivity contribution in [3.05, 3.63) is 41.5 Å². The maximum atomic E-state index is 13.1. The first-order chi connectivity index (χ1) is 15.7. The minimum Gasteiger partial charge on any atom is -0.505 e. The van der Waals surface area contributed by atoms with Crippen LogP contribution in [0, 0.1) is 0 Å². The zero-order valence-electron chi connectivity index (χ0n) is 19.3. The van der Waals surface area contributed by atoms with Gasteiger partial charge in [-0.15, -0.1) is 0 Å². The number of benzene rings is 2. The fraction of sp³-hybridized carbons (Fsp3) is 0.318. The zero-order chi connectivity index (χ0) is 25.4. The Hall–Kier alpha value is -3.80. The summed E-state index contributed by atoms with van der Waals surface area (Å²) < 4.78 is 31.0. The van der Waals surface area contributed by atoms with E-state index in [-0.39, 0.29) is 52.0 Å². The summed E-state index contributed by atoms with van der Waals surface area (Å²) in [5.41, 5.74) is -0.461. The molecule has 0 atom stereocenters. The number of phenols is 1. The van der Waals surface area contributed by atoms with Crippen LogP contribution in [-0.4, -0.2) is 56.7 Å². The van der Waals surface area contributed by atoms with Gasteiger partial charge in [-0.2, -0.15) is 0 Å². The summed E-state index contributed by atoms with van der Waals surface area (Å²) in [6.07, 6.45) is 0.275. The molecule has 1 aliphatic rings. The summed E-state index contributed by atoms with van der Waals surface area (Å²) in [7, 11) is -0.700. The van der Waals surface area contributed by atoms with Crippen molar-refractivity contribution < 1.29 is 32.6 Å². The lowest BCUT2D eigenvalue weighted by atomic mass is 9.77. The Balaban J connectivity index is 2.10. The first-order valence-corrected chi connectivity index (χ1v) is 12.1. The third kappa shape index (κ3) is 5.22. The number of rotatable bonds is 5. The molecule has 2 aromatic carbocycles. The molecule has 0 spiro atoms. The number of phenolic OH excluding ortho intramolecular Hbond substituents is 1. The van der Waals surface area contributed by atoms with Crippen molar-refractivity contribution in [2.24, 2.45) is 0 Å². The average molecular weight is 491 g/mol. The molecule has 4 N–H and O–H groups in total. The lowest BCUT2D eigenvalue weighted by Crippen LogP contribution is -2.34. The largest absolute Gasteiger partial charge is 0.505 e. The number of amides is 3. The molecular weight excluding hydrogens is 464 g/mol. The first kappa shape index (κ1) is 24.8. The van der Waals surface area contributed by atoms with Crippen molar-refractivity contribution in [2.75, 3.05) is 35.7 Å². The van der Waals surface area contributed by atoms with E-state index >= 15 is 0 Å². The fourth-order valence-corrected chi connectivity index (χ4v) is 4.20. The van der Waals surface area contributed by atoms with E-state index in [1.165, 1.54) is 37.2 Å². The number of hydrogen-bond donors (Lipinski definition) is 4. The lowest BCUT2D eigenvalue weighted by molar-refractivity contribution is -0.117. The van der Waals surface area contributed by atoms with E-state index in [1.54, 1.807) is 26.0 Å². The summed E-state index contributed by atoms with van der Waals surface area (Å²) in [5.74, 6) is -1.42. The van der Waals surface area contributed by atoms with Gasteiger partial charge in [0.2, 0.25) is 15.9 Å². The SMILES string of the molecule is CN(C)C(=O)Oc1cc(NC(=O)c2ccccc2NS(C)(=O)=O)c(O)c2c1NC(=O)CC2(C)C. The van der Waals surface area contributed by atoms with Gasteiger partial charge < -0.3 is 25.4 Å². The normalized spacial score (nSPS) is 14.4. The first-order valence-electron chi connectivity index (χ1n) is 10.2. The Kier molecular flexibility index (Phi) is 6.47. The predicted molar refractivity (Wildman–Crippen MR) is 127 cm³/mol. The molecule has 0 aliphatic carbocycles. The number of para-hydroxylation sites is 1. The smallest absolute Gasteiger partial charge is 0.414 e. The quantitative estimate of drug-likeness (QED) is 0.470. The maximum absolute atomic E-state index is 13.1. The van der Waals surface area contributed by atoms with Crippen molar-refractivity contribution in [1.82, 2.24) is 4.90 Å². The number of anilines is 3. The van der Waals surface area contributed by atoms with Crippen LogP contribution in [0.15, 0.2) is 30.3 Å². The molecule has 11 nitrogen and oxygen atoms in total. The second-order valence-corrected chi connectivity index (χ2v) is 10.5. The number of ether oxygens (including phenoxy) is 1. The zero-order valence-corrected chi connectivity index (χ0v) is 20.2. The van der Waals surface area contributed by atoms with Crippen LogP contribution in [-0.2, 0) is 20.2 Å². The van der Waals surface area contributed by atoms with Gasteiger partial charge in [0.05, 0.1) is 28.9 Å². The van der Waals surface area contributed by atoms with Gasteiger partial charge in [0.25, 0.3) is 5.91 Å². The van der Waals surface area contributed by atoms with Gasteiger partial charge in [0, 0.05) is 37.6 Å². The number of sulfonamides is 1. The number of carbonyl (C=O) groups excluding carboxylic acids is 3. The molecule has 1 heterocycles. The van der Waals surface area contributed by atoms with Crippen LogP contribution in [0.5, 0.6) is 11.5 Å². The van der Waals surface area contributed by atoms with Crippen molar-refractivity contribution in [3.63, 3.8) is 0 Å². The summed E-state index contributed by atoms with van der Waals surface area (Å²) in [4.78, 5) is 38.7. The predicted octanol–water partition coefficient (Wildman–Crippen LogP) is 2.70. The van der Waals surface area contributed by atoms with Crippen LogP contribution in [0.2, 0.25) is 0 Å². The van der Waals surface area contributed by atoms with Gasteiger partial charge in [0.15, 0.2) is 5.75 Å². The van der Waals surface area contributed by atoms with Crippen molar-refractivity contribution in [3.8, 4) is 11.5 Å². The number of nitrogens with zero attached hydrogens (tertiary/aromatic N) is 1. The van der Waals surface area contributed by atoms with Gasteiger partial charge in [-0.05, 0) is 12.1 Å². The minimum absolute atomic E-state index is 0.00412. The Bertz CT molecular complexity index is 1290. The molecule has 0 unspecified atom stereocenters. The van der Waals surface area contributed by atoms with Gasteiger partial charge >= 0.3 is 6.09 Å². The molecule has 0 saturated carbocycles. The number of fused-ring (bicyclic) bond motifs is 1. The Morgan fingerprint density at radius 1 is 1.18 bits per heavy atom. The van der Waals surface area contributed by atoms with Crippen LogP contribution in [0.1, 0.15) is 36.2 Å². The molecule has 0 bridgehead atoms. The molecule has 3 rings (SSSR count). The second kappa shape index (κ2) is 8.86. The Morgan fingerprint density at radius 2 is 1.82 bits per heavy atom. The molecule has 2 aromatic rings. The number of aromatic hydroxyl groups is 1. The van der Waals surface area contributed by atoms with Crippen LogP contribution >= 0.6 is 0 Å². The Labute approximate surface area is 197 Å². The summed E-state index contributed by atoms with van der Waals surface area (Å²) in [6.45, 7) is 3.47. The van der Waals surface area contributed by atoms with Gasteiger partial charge in [0.1, 0.15) is 5.75 Å². The third-order valence-electron chi connectivity index (χ3n) is 5.09. The topological polar surface area (TPSA) is 154 Å². The highest BCUT2D eigenvalue weighted by atomic mass is 32.2. The molecule has 34 heavy (non-hydrogen) atoms. The highest BCUT2D eigenvalue weighted by molar-refractivity contribution is 7.92. The van der Waals surface area contributed by atoms with E-state index in [2.05, 4.69) is 15.4 Å². The summed E-state index contributed by atoms with van der Waals surface area (Å²) >= 11 is 0. The fourth-order valence-electron chi connectivity index (χ4n) is 3.62. The molecule has 0 aromatic heterocycles. The highest BCUT2D eigenvalue weighted by Gasteiger charge is 2.38. The van der Waals surface area contributed by atoms with E-state index in [0.29, 0.717) is 0 Å². The summed E-state index contributed by atoms with van der Waals surface area (Å²) in [5, 5.41) is 16.2. The number of nitrogens with one attached hydrogen (secondary N) is 3. The van der Waals surface area contributed by atoms with E-state index in [0.717, 1.165) is 6.26 Å². The molecule has 1 aliphatic heterocycles. The van der Waals surface area contributed by atoms with Crippen LogP contribution in [0.3, 0.4) is 0 Å². The van der Waals surface area contributed by atoms with E-state index in [4.69, 9.17) is 4.74 Å². The number of hydrogen-bond acceptors (Lipinski definition) is 7. The van der Waals surface area contributed by atoms with Crippen molar-refractivity contribution in [1.29, 1.82) is 0 Å². The standard InChI is InChI=1S/C22H26N4O7S/c1-22(2)11-16(27)24-18-15(33-21(30)26(3)4)10-14(19(28)17(18)22)23-20(29)12-8-6-7-9-13(12)25-34(5,31)32/h6-10,25,28H,11H2,1-5H3,(H,23,29)(H,24,27). The van der Waals surface area contributed by atoms with Gasteiger partial charge in [-0.1, -0.05) is 26.0 Å². The van der Waals surface area contributed by atoms with Gasteiger partial charge in [-0.25, -0.2) is 13.2 Å². The molecule has 0 radical (unpaired) electrons. The molecule has 3 amide bonds. The monoisotopic (exact) mass is 490 g/mol. The van der Waals surface area contributed by atoms with Crippen molar-refractivity contribution in [2.45, 2.75) is 25.7 Å². The molecular formula is C22H26N4O7S. The average Bonchev–Trinajstić information content (AvgIpc) is 2.69. The molecule has 12 heteroatoms. The summed E-state index contributed by atoms with van der Waals surface area (Å²) in [6, 6.07) is 7.17. The second-order valence-electron chi connectivity index (χ2n) is 8.77. The lowest BCUT2D eigenvalue weighted by Gasteiger charge is -2.34. The van der Waals surface area contributed by atoms with E-state index in [1.807, 2.05) is 0 Å². The van der Waals surface area contributed by atoms with E-state index < -0.39 is 27.4 Å². The number of carbonyl (C=O) groups is 3.